The Morgan fingerprint density at radius 3 is 2.09 bits per heavy atom. The summed E-state index contributed by atoms with van der Waals surface area (Å²) in [5.41, 5.74) is 4.22. The Morgan fingerprint density at radius 1 is 0.971 bits per heavy atom. The van der Waals surface area contributed by atoms with E-state index in [-0.39, 0.29) is 25.0 Å². The lowest BCUT2D eigenvalue weighted by molar-refractivity contribution is -0.139. The standard InChI is InChI=1S/C27H37N3O4S/c1-19-10-12-23(13-11-19)17-29(22(4)27(32)28-24-8-6-7-9-24)26(31)18-30(35(5,33)34)25-15-20(2)14-21(3)16-25/h10-16,22,24H,6-9,17-18H2,1-5H3,(H,28,32). The number of amides is 2. The maximum absolute atomic E-state index is 13.6. The van der Waals surface area contributed by atoms with Crippen molar-refractivity contribution >= 4 is 27.5 Å². The number of anilines is 1. The predicted octanol–water partition coefficient (Wildman–Crippen LogP) is 3.85. The van der Waals surface area contributed by atoms with Crippen LogP contribution < -0.4 is 9.62 Å². The quantitative estimate of drug-likeness (QED) is 0.568. The molecule has 1 N–H and O–H groups in total. The van der Waals surface area contributed by atoms with Crippen molar-refractivity contribution in [3.63, 3.8) is 0 Å². The third-order valence-corrected chi connectivity index (χ3v) is 7.66. The smallest absolute Gasteiger partial charge is 0.244 e. The number of aryl methyl sites for hydroxylation is 3. The number of nitrogens with zero attached hydrogens (tertiary/aromatic N) is 2. The van der Waals surface area contributed by atoms with Crippen LogP contribution >= 0.6 is 0 Å². The summed E-state index contributed by atoms with van der Waals surface area (Å²) in [6.07, 6.45) is 5.16. The number of nitrogens with one attached hydrogen (secondary N) is 1. The molecule has 0 bridgehead atoms. The Bertz CT molecular complexity index is 1140. The molecular formula is C27H37N3O4S. The van der Waals surface area contributed by atoms with Crippen molar-refractivity contribution in [2.45, 2.75) is 72.0 Å². The number of sulfonamides is 1. The first kappa shape index (κ1) is 26.7. The highest BCUT2D eigenvalue weighted by atomic mass is 32.2. The average Bonchev–Trinajstić information content (AvgIpc) is 3.28. The molecule has 0 aromatic heterocycles. The van der Waals surface area contributed by atoms with Crippen LogP contribution in [0.4, 0.5) is 5.69 Å². The van der Waals surface area contributed by atoms with Gasteiger partial charge in [0.25, 0.3) is 0 Å². The molecule has 35 heavy (non-hydrogen) atoms. The van der Waals surface area contributed by atoms with Crippen molar-refractivity contribution in [2.75, 3.05) is 17.1 Å². The number of rotatable bonds is 9. The fourth-order valence-corrected chi connectivity index (χ4v) is 5.41. The van der Waals surface area contributed by atoms with E-state index in [2.05, 4.69) is 5.32 Å². The lowest BCUT2D eigenvalue weighted by Gasteiger charge is -2.32. The van der Waals surface area contributed by atoms with Gasteiger partial charge in [0.15, 0.2) is 0 Å². The molecule has 0 saturated heterocycles. The van der Waals surface area contributed by atoms with E-state index in [1.807, 2.05) is 51.1 Å². The van der Waals surface area contributed by atoms with Gasteiger partial charge in [-0.25, -0.2) is 8.42 Å². The molecule has 2 aromatic carbocycles. The fourth-order valence-electron chi connectivity index (χ4n) is 4.57. The third kappa shape index (κ3) is 7.31. The highest BCUT2D eigenvalue weighted by Crippen LogP contribution is 2.23. The summed E-state index contributed by atoms with van der Waals surface area (Å²) in [5.74, 6) is -0.640. The van der Waals surface area contributed by atoms with Crippen LogP contribution in [-0.4, -0.2) is 50.0 Å². The number of carbonyl (C=O) groups is 2. The topological polar surface area (TPSA) is 86.8 Å². The SMILES string of the molecule is Cc1ccc(CN(C(=O)CN(c2cc(C)cc(C)c2)S(C)(=O)=O)C(C)C(=O)NC2CCCC2)cc1. The largest absolute Gasteiger partial charge is 0.352 e. The van der Waals surface area contributed by atoms with Gasteiger partial charge in [0.2, 0.25) is 21.8 Å². The van der Waals surface area contributed by atoms with Gasteiger partial charge >= 0.3 is 0 Å². The van der Waals surface area contributed by atoms with Gasteiger partial charge in [-0.3, -0.25) is 13.9 Å². The predicted molar refractivity (Wildman–Crippen MR) is 140 cm³/mol. The van der Waals surface area contributed by atoms with Crippen LogP contribution in [0.1, 0.15) is 54.9 Å². The van der Waals surface area contributed by atoms with Gasteiger partial charge in [0.05, 0.1) is 11.9 Å². The van der Waals surface area contributed by atoms with E-state index in [0.29, 0.717) is 5.69 Å². The Kier molecular flexibility index (Phi) is 8.59. The van der Waals surface area contributed by atoms with E-state index < -0.39 is 22.0 Å². The number of carbonyl (C=O) groups excluding carboxylic acids is 2. The lowest BCUT2D eigenvalue weighted by Crippen LogP contribution is -2.52. The summed E-state index contributed by atoms with van der Waals surface area (Å²) >= 11 is 0. The van der Waals surface area contributed by atoms with Crippen molar-refractivity contribution in [3.8, 4) is 0 Å². The zero-order valence-electron chi connectivity index (χ0n) is 21.4. The van der Waals surface area contributed by atoms with E-state index in [0.717, 1.165) is 58.5 Å². The molecule has 1 aliphatic rings. The summed E-state index contributed by atoms with van der Waals surface area (Å²) in [7, 11) is -3.74. The minimum absolute atomic E-state index is 0.129. The Hall–Kier alpha value is -2.87. The number of hydrogen-bond donors (Lipinski definition) is 1. The second-order valence-corrected chi connectivity index (χ2v) is 11.7. The summed E-state index contributed by atoms with van der Waals surface area (Å²) in [6.45, 7) is 7.30. The molecule has 1 atom stereocenters. The summed E-state index contributed by atoms with van der Waals surface area (Å²) in [4.78, 5) is 28.2. The maximum Gasteiger partial charge on any atom is 0.244 e. The summed E-state index contributed by atoms with van der Waals surface area (Å²) < 4.78 is 26.6. The minimum Gasteiger partial charge on any atom is -0.352 e. The monoisotopic (exact) mass is 499 g/mol. The molecule has 2 aromatic rings. The summed E-state index contributed by atoms with van der Waals surface area (Å²) in [6, 6.07) is 12.6. The highest BCUT2D eigenvalue weighted by Gasteiger charge is 2.31. The summed E-state index contributed by atoms with van der Waals surface area (Å²) in [5, 5.41) is 3.07. The lowest BCUT2D eigenvalue weighted by atomic mass is 10.1. The van der Waals surface area contributed by atoms with Gasteiger partial charge < -0.3 is 10.2 Å². The molecule has 0 radical (unpaired) electrons. The molecular weight excluding hydrogens is 462 g/mol. The Balaban J connectivity index is 1.89. The zero-order valence-corrected chi connectivity index (χ0v) is 22.2. The van der Waals surface area contributed by atoms with Gasteiger partial charge in [-0.2, -0.15) is 0 Å². The third-order valence-electron chi connectivity index (χ3n) is 6.52. The maximum atomic E-state index is 13.6. The number of hydrogen-bond acceptors (Lipinski definition) is 4. The molecule has 0 heterocycles. The molecule has 0 spiro atoms. The van der Waals surface area contributed by atoms with Crippen LogP contribution in [0.3, 0.4) is 0 Å². The molecule has 2 amide bonds. The number of benzene rings is 2. The first-order chi connectivity index (χ1) is 16.4. The minimum atomic E-state index is -3.74. The van der Waals surface area contributed by atoms with Gasteiger partial charge in [0, 0.05) is 12.6 Å². The first-order valence-electron chi connectivity index (χ1n) is 12.2. The molecule has 0 aliphatic heterocycles. The molecule has 190 valence electrons. The van der Waals surface area contributed by atoms with Crippen LogP contribution in [-0.2, 0) is 26.2 Å². The first-order valence-corrected chi connectivity index (χ1v) is 14.0. The molecule has 3 rings (SSSR count). The van der Waals surface area contributed by atoms with Crippen molar-refractivity contribution in [1.29, 1.82) is 0 Å². The molecule has 7 nitrogen and oxygen atoms in total. The van der Waals surface area contributed by atoms with Crippen LogP contribution in [0, 0.1) is 20.8 Å². The van der Waals surface area contributed by atoms with E-state index in [1.54, 1.807) is 19.1 Å². The van der Waals surface area contributed by atoms with E-state index in [4.69, 9.17) is 0 Å². The van der Waals surface area contributed by atoms with Gasteiger partial charge in [-0.05, 0) is 69.4 Å². The van der Waals surface area contributed by atoms with Gasteiger partial charge in [0.1, 0.15) is 12.6 Å². The van der Waals surface area contributed by atoms with E-state index in [9.17, 15) is 18.0 Å². The van der Waals surface area contributed by atoms with Crippen LogP contribution in [0.15, 0.2) is 42.5 Å². The molecule has 1 saturated carbocycles. The molecule has 1 aliphatic carbocycles. The fraction of sp³-hybridized carbons (Fsp3) is 0.481. The molecule has 1 fully saturated rings. The van der Waals surface area contributed by atoms with Gasteiger partial charge in [-0.1, -0.05) is 48.7 Å². The van der Waals surface area contributed by atoms with Crippen LogP contribution in [0.5, 0.6) is 0 Å². The zero-order chi connectivity index (χ0) is 25.8. The average molecular weight is 500 g/mol. The van der Waals surface area contributed by atoms with Crippen molar-refractivity contribution < 1.29 is 18.0 Å². The Labute approximate surface area is 209 Å². The van der Waals surface area contributed by atoms with Crippen molar-refractivity contribution in [2.24, 2.45) is 0 Å². The van der Waals surface area contributed by atoms with Crippen LogP contribution in [0.25, 0.3) is 0 Å². The van der Waals surface area contributed by atoms with Crippen LogP contribution in [0.2, 0.25) is 0 Å². The molecule has 8 heteroatoms. The molecule has 1 unspecified atom stereocenters. The van der Waals surface area contributed by atoms with Crippen molar-refractivity contribution in [3.05, 3.63) is 64.7 Å². The van der Waals surface area contributed by atoms with E-state index in [1.165, 1.54) is 4.90 Å². The van der Waals surface area contributed by atoms with E-state index >= 15 is 0 Å². The van der Waals surface area contributed by atoms with Crippen molar-refractivity contribution in [1.82, 2.24) is 10.2 Å². The second kappa shape index (κ2) is 11.2. The van der Waals surface area contributed by atoms with Gasteiger partial charge in [-0.15, -0.1) is 0 Å². The second-order valence-electron chi connectivity index (χ2n) is 9.79. The normalized spacial score (nSPS) is 15.0. The Morgan fingerprint density at radius 2 is 1.54 bits per heavy atom. The highest BCUT2D eigenvalue weighted by molar-refractivity contribution is 7.92.